The standard InChI is InChI=1S/C7H9Cl2I/c1-6(3-2-4-8)5-7(9)10/h2-3,5,7H,4H2,1H3/b3-2-,6-5-. The van der Waals surface area contributed by atoms with Crippen LogP contribution in [0.25, 0.3) is 0 Å². The van der Waals surface area contributed by atoms with E-state index in [9.17, 15) is 0 Å². The minimum absolute atomic E-state index is 0.0672. The molecule has 0 fully saturated rings. The quantitative estimate of drug-likeness (QED) is 0.422. The summed E-state index contributed by atoms with van der Waals surface area (Å²) in [6, 6.07) is 0. The predicted molar refractivity (Wildman–Crippen MR) is 57.3 cm³/mol. The van der Waals surface area contributed by atoms with Crippen LogP contribution in [0, 0.1) is 0 Å². The highest BCUT2D eigenvalue weighted by Gasteiger charge is 1.89. The van der Waals surface area contributed by atoms with Crippen molar-refractivity contribution in [3.8, 4) is 0 Å². The van der Waals surface area contributed by atoms with Crippen LogP contribution in [0.2, 0.25) is 0 Å². The lowest BCUT2D eigenvalue weighted by atomic mass is 10.3. The van der Waals surface area contributed by atoms with Crippen molar-refractivity contribution in [3.63, 3.8) is 0 Å². The van der Waals surface area contributed by atoms with Crippen LogP contribution in [0.3, 0.4) is 0 Å². The van der Waals surface area contributed by atoms with Gasteiger partial charge in [0.2, 0.25) is 0 Å². The lowest BCUT2D eigenvalue weighted by Crippen LogP contribution is -1.78. The summed E-state index contributed by atoms with van der Waals surface area (Å²) in [7, 11) is 0. The van der Waals surface area contributed by atoms with Crippen LogP contribution in [0.5, 0.6) is 0 Å². The van der Waals surface area contributed by atoms with E-state index in [1.807, 2.05) is 25.2 Å². The molecule has 0 saturated carbocycles. The number of allylic oxidation sites excluding steroid dienone is 4. The number of alkyl halides is 3. The molecule has 0 radical (unpaired) electrons. The first-order valence-corrected chi connectivity index (χ1v) is 5.07. The average molecular weight is 291 g/mol. The fourth-order valence-corrected chi connectivity index (χ4v) is 1.34. The van der Waals surface area contributed by atoms with E-state index in [2.05, 4.69) is 22.6 Å². The molecule has 0 rings (SSSR count). The molecular weight excluding hydrogens is 282 g/mol. The maximum absolute atomic E-state index is 5.69. The van der Waals surface area contributed by atoms with Crippen molar-refractivity contribution in [1.82, 2.24) is 0 Å². The Morgan fingerprint density at radius 2 is 2.30 bits per heavy atom. The Hall–Kier alpha value is 0.790. The SMILES string of the molecule is CC(/C=C\CCl)=C/C(Cl)I. The van der Waals surface area contributed by atoms with Gasteiger partial charge in [0, 0.05) is 5.88 Å². The van der Waals surface area contributed by atoms with Gasteiger partial charge in [0.15, 0.2) is 0 Å². The first kappa shape index (κ1) is 10.8. The van der Waals surface area contributed by atoms with Crippen LogP contribution < -0.4 is 0 Å². The summed E-state index contributed by atoms with van der Waals surface area (Å²) < 4.78 is 0.0672. The van der Waals surface area contributed by atoms with E-state index < -0.39 is 0 Å². The monoisotopic (exact) mass is 290 g/mol. The minimum Gasteiger partial charge on any atom is -0.122 e. The molecule has 0 spiro atoms. The van der Waals surface area contributed by atoms with E-state index in [1.165, 1.54) is 0 Å². The van der Waals surface area contributed by atoms with Crippen LogP contribution in [0.1, 0.15) is 6.92 Å². The number of rotatable bonds is 3. The smallest absolute Gasteiger partial charge is 0.104 e. The molecule has 0 heterocycles. The summed E-state index contributed by atoms with van der Waals surface area (Å²) in [6.07, 6.45) is 5.81. The van der Waals surface area contributed by atoms with Gasteiger partial charge in [-0.05, 0) is 6.92 Å². The van der Waals surface area contributed by atoms with Crippen molar-refractivity contribution < 1.29 is 0 Å². The third-order valence-electron chi connectivity index (χ3n) is 0.859. The van der Waals surface area contributed by atoms with Gasteiger partial charge in [-0.25, -0.2) is 0 Å². The number of hydrogen-bond donors (Lipinski definition) is 0. The van der Waals surface area contributed by atoms with Crippen LogP contribution in [-0.4, -0.2) is 9.26 Å². The van der Waals surface area contributed by atoms with Gasteiger partial charge in [-0.1, -0.05) is 46.4 Å². The first-order valence-electron chi connectivity index (χ1n) is 2.86. The molecule has 0 N–H and O–H groups in total. The van der Waals surface area contributed by atoms with Crippen molar-refractivity contribution in [3.05, 3.63) is 23.8 Å². The molecule has 3 heteroatoms. The molecule has 0 aromatic carbocycles. The van der Waals surface area contributed by atoms with E-state index in [0.29, 0.717) is 5.88 Å². The van der Waals surface area contributed by atoms with E-state index in [1.54, 1.807) is 0 Å². The van der Waals surface area contributed by atoms with Gasteiger partial charge >= 0.3 is 0 Å². The highest BCUT2D eigenvalue weighted by molar-refractivity contribution is 14.1. The summed E-state index contributed by atoms with van der Waals surface area (Å²) in [5.74, 6) is 0.555. The zero-order chi connectivity index (χ0) is 7.98. The Morgan fingerprint density at radius 1 is 1.70 bits per heavy atom. The topological polar surface area (TPSA) is 0 Å². The second-order valence-electron chi connectivity index (χ2n) is 1.80. The number of hydrogen-bond acceptors (Lipinski definition) is 0. The molecule has 1 unspecified atom stereocenters. The Balaban J connectivity index is 3.82. The maximum atomic E-state index is 5.69. The molecule has 0 saturated heterocycles. The molecule has 0 aromatic rings. The zero-order valence-corrected chi connectivity index (χ0v) is 9.32. The number of halogens is 3. The molecule has 1 atom stereocenters. The molecule has 0 bridgehead atoms. The van der Waals surface area contributed by atoms with Crippen LogP contribution in [0.4, 0.5) is 0 Å². The fraction of sp³-hybridized carbons (Fsp3) is 0.429. The normalized spacial score (nSPS) is 16.2. The Morgan fingerprint density at radius 3 is 2.70 bits per heavy atom. The summed E-state index contributed by atoms with van der Waals surface area (Å²) in [5, 5.41) is 0. The molecule has 58 valence electrons. The minimum atomic E-state index is 0.0672. The molecule has 0 amide bonds. The van der Waals surface area contributed by atoms with E-state index in [-0.39, 0.29) is 3.38 Å². The molecule has 0 aliphatic rings. The van der Waals surface area contributed by atoms with Gasteiger partial charge in [0.1, 0.15) is 3.38 Å². The Labute approximate surface area is 85.4 Å². The van der Waals surface area contributed by atoms with E-state index in [4.69, 9.17) is 23.2 Å². The molecule has 0 nitrogen and oxygen atoms in total. The second kappa shape index (κ2) is 6.50. The molecular formula is C7H9Cl2I. The van der Waals surface area contributed by atoms with Gasteiger partial charge in [-0.3, -0.25) is 0 Å². The van der Waals surface area contributed by atoms with Crippen molar-refractivity contribution in [2.75, 3.05) is 5.88 Å². The third-order valence-corrected chi connectivity index (χ3v) is 1.52. The first-order chi connectivity index (χ1) is 4.66. The van der Waals surface area contributed by atoms with Gasteiger partial charge in [0.25, 0.3) is 0 Å². The highest BCUT2D eigenvalue weighted by atomic mass is 127. The summed E-state index contributed by atoms with van der Waals surface area (Å²) in [5.41, 5.74) is 1.15. The molecule has 10 heavy (non-hydrogen) atoms. The average Bonchev–Trinajstić information content (AvgIpc) is 1.82. The lowest BCUT2D eigenvalue weighted by molar-refractivity contribution is 1.46. The predicted octanol–water partition coefficient (Wildman–Crippen LogP) is 3.73. The molecule has 0 aliphatic carbocycles. The maximum Gasteiger partial charge on any atom is 0.104 e. The summed E-state index contributed by atoms with van der Waals surface area (Å²) in [4.78, 5) is 0. The molecule has 0 aliphatic heterocycles. The summed E-state index contributed by atoms with van der Waals surface area (Å²) >= 11 is 13.3. The fourth-order valence-electron chi connectivity index (χ4n) is 0.485. The van der Waals surface area contributed by atoms with Crippen LogP contribution in [0.15, 0.2) is 23.8 Å². The Bertz CT molecular complexity index is 139. The van der Waals surface area contributed by atoms with E-state index >= 15 is 0 Å². The van der Waals surface area contributed by atoms with Crippen molar-refractivity contribution in [1.29, 1.82) is 0 Å². The Kier molecular flexibility index (Phi) is 7.01. The summed E-state index contributed by atoms with van der Waals surface area (Å²) in [6.45, 7) is 2.00. The molecule has 0 aromatic heterocycles. The highest BCUT2D eigenvalue weighted by Crippen LogP contribution is 2.10. The van der Waals surface area contributed by atoms with Gasteiger partial charge in [-0.15, -0.1) is 23.2 Å². The lowest BCUT2D eigenvalue weighted by Gasteiger charge is -1.92. The van der Waals surface area contributed by atoms with Crippen molar-refractivity contribution in [2.24, 2.45) is 0 Å². The van der Waals surface area contributed by atoms with Gasteiger partial charge in [-0.2, -0.15) is 0 Å². The van der Waals surface area contributed by atoms with E-state index in [0.717, 1.165) is 5.57 Å². The van der Waals surface area contributed by atoms with Gasteiger partial charge in [0.05, 0.1) is 0 Å². The second-order valence-corrected chi connectivity index (χ2v) is 4.66. The largest absolute Gasteiger partial charge is 0.122 e. The van der Waals surface area contributed by atoms with Crippen LogP contribution >= 0.6 is 45.8 Å². The van der Waals surface area contributed by atoms with Crippen LogP contribution in [-0.2, 0) is 0 Å². The van der Waals surface area contributed by atoms with Crippen molar-refractivity contribution in [2.45, 2.75) is 10.3 Å². The van der Waals surface area contributed by atoms with Gasteiger partial charge < -0.3 is 0 Å². The van der Waals surface area contributed by atoms with Crippen molar-refractivity contribution >= 4 is 45.8 Å². The zero-order valence-electron chi connectivity index (χ0n) is 5.65. The third kappa shape index (κ3) is 6.90.